The minimum atomic E-state index is -0.995. The topological polar surface area (TPSA) is 93.6 Å². The minimum absolute atomic E-state index is 0.100. The molecule has 9 rings (SSSR count). The van der Waals surface area contributed by atoms with Gasteiger partial charge in [0.05, 0.1) is 34.3 Å². The Kier molecular flexibility index (Phi) is 6.66. The molecule has 3 fully saturated rings. The number of hydrogen-bond donors (Lipinski definition) is 0. The highest BCUT2D eigenvalue weighted by atomic mass is 79.9. The number of benzene rings is 3. The number of Topliss-reactive ketones (excluding diaryl/α,β-unsaturated/α-hetero) is 1. The Balaban J connectivity index is 1.10. The molecule has 1 aliphatic heterocycles. The molecule has 0 radical (unpaired) electrons. The van der Waals surface area contributed by atoms with E-state index in [4.69, 9.17) is 9.72 Å². The molecule has 7 atom stereocenters. The molecule has 1 aromatic heterocycles. The summed E-state index contributed by atoms with van der Waals surface area (Å²) in [6.45, 7) is 5.44. The van der Waals surface area contributed by atoms with Gasteiger partial charge in [0, 0.05) is 21.0 Å². The number of rotatable bonds is 6. The summed E-state index contributed by atoms with van der Waals surface area (Å²) < 4.78 is 6.52. The van der Waals surface area contributed by atoms with E-state index in [0.717, 1.165) is 22.0 Å². The van der Waals surface area contributed by atoms with E-state index in [0.29, 0.717) is 45.2 Å². The van der Waals surface area contributed by atoms with Gasteiger partial charge in [-0.15, -0.1) is 0 Å². The van der Waals surface area contributed by atoms with Crippen LogP contribution in [0, 0.1) is 49.4 Å². The number of carbonyl (C=O) groups is 4. The summed E-state index contributed by atoms with van der Waals surface area (Å²) in [7, 11) is 0. The molecule has 2 bridgehead atoms. The predicted octanol–water partition coefficient (Wildman–Crippen LogP) is 7.27. The van der Waals surface area contributed by atoms with E-state index in [1.165, 1.54) is 4.90 Å². The zero-order valence-electron chi connectivity index (χ0n) is 25.6. The van der Waals surface area contributed by atoms with Crippen LogP contribution in [0.3, 0.4) is 0 Å². The third-order valence-corrected chi connectivity index (χ3v) is 10.8. The zero-order valence-corrected chi connectivity index (χ0v) is 27.2. The Labute approximate surface area is 274 Å². The van der Waals surface area contributed by atoms with Gasteiger partial charge >= 0.3 is 5.97 Å². The van der Waals surface area contributed by atoms with E-state index in [1.54, 1.807) is 37.3 Å². The molecule has 230 valence electrons. The molecule has 4 aliphatic carbocycles. The van der Waals surface area contributed by atoms with E-state index in [1.807, 2.05) is 50.2 Å². The van der Waals surface area contributed by atoms with Gasteiger partial charge in [-0.1, -0.05) is 70.0 Å². The molecule has 46 heavy (non-hydrogen) atoms. The van der Waals surface area contributed by atoms with Gasteiger partial charge in [0.2, 0.25) is 17.6 Å². The van der Waals surface area contributed by atoms with E-state index in [-0.39, 0.29) is 46.8 Å². The fraction of sp³-hybridized carbons (Fsp3) is 0.289. The normalized spacial score (nSPS) is 26.2. The summed E-state index contributed by atoms with van der Waals surface area (Å²) in [5.41, 5.74) is 5.07. The van der Waals surface area contributed by atoms with Crippen molar-refractivity contribution in [2.45, 2.75) is 33.3 Å². The summed E-state index contributed by atoms with van der Waals surface area (Å²) >= 11 is 3.53. The van der Waals surface area contributed by atoms with Crippen molar-refractivity contribution in [1.29, 1.82) is 0 Å². The monoisotopic (exact) mass is 674 g/mol. The van der Waals surface area contributed by atoms with Crippen LogP contribution in [0.25, 0.3) is 22.2 Å². The Morgan fingerprint density at radius 2 is 1.52 bits per heavy atom. The Morgan fingerprint density at radius 1 is 0.891 bits per heavy atom. The lowest BCUT2D eigenvalue weighted by Crippen LogP contribution is -2.40. The van der Waals surface area contributed by atoms with E-state index in [2.05, 4.69) is 28.1 Å². The Bertz CT molecular complexity index is 1980. The molecule has 7 unspecified atom stereocenters. The van der Waals surface area contributed by atoms with Gasteiger partial charge in [0.15, 0.2) is 6.10 Å². The van der Waals surface area contributed by atoms with Crippen molar-refractivity contribution in [3.05, 3.63) is 106 Å². The number of pyridine rings is 1. The van der Waals surface area contributed by atoms with Gasteiger partial charge in [0.1, 0.15) is 0 Å². The van der Waals surface area contributed by atoms with Crippen LogP contribution in [0.15, 0.2) is 83.4 Å². The summed E-state index contributed by atoms with van der Waals surface area (Å²) in [6.07, 6.45) is 4.47. The Hall–Kier alpha value is -4.43. The maximum Gasteiger partial charge on any atom is 0.339 e. The fourth-order valence-electron chi connectivity index (χ4n) is 8.00. The van der Waals surface area contributed by atoms with Gasteiger partial charge in [-0.25, -0.2) is 9.78 Å². The molecular formula is C38H31BrN2O5. The second kappa shape index (κ2) is 10.6. The minimum Gasteiger partial charge on any atom is -0.451 e. The SMILES string of the molecule is Cc1ccc(C(=O)C(C)OC(=O)c2cc(-c3ccc(N4C(=O)C5C6C=CC(C7CC67)C5C4=O)cc3)nc3c(C)cc(Br)cc23)cc1. The number of halogens is 1. The average Bonchev–Trinajstić information content (AvgIpc) is 3.83. The number of nitrogens with zero attached hydrogens (tertiary/aromatic N) is 2. The van der Waals surface area contributed by atoms with Crippen LogP contribution in [-0.4, -0.2) is 34.7 Å². The van der Waals surface area contributed by atoms with Gasteiger partial charge in [-0.2, -0.15) is 0 Å². The van der Waals surface area contributed by atoms with Crippen LogP contribution >= 0.6 is 15.9 Å². The fourth-order valence-corrected chi connectivity index (χ4v) is 8.57. The van der Waals surface area contributed by atoms with Crippen LogP contribution in [0.1, 0.15) is 45.2 Å². The average molecular weight is 676 g/mol. The zero-order chi connectivity index (χ0) is 32.0. The molecule has 8 heteroatoms. The smallest absolute Gasteiger partial charge is 0.339 e. The molecule has 1 saturated heterocycles. The lowest BCUT2D eigenvalue weighted by molar-refractivity contribution is -0.124. The Morgan fingerprint density at radius 3 is 2.15 bits per heavy atom. The number of esters is 1. The highest BCUT2D eigenvalue weighted by Crippen LogP contribution is 2.65. The van der Waals surface area contributed by atoms with E-state index < -0.39 is 12.1 Å². The number of imide groups is 1. The summed E-state index contributed by atoms with van der Waals surface area (Å²) in [5, 5.41) is 0.601. The maximum absolute atomic E-state index is 13.7. The first-order chi connectivity index (χ1) is 22.1. The standard InChI is InChI=1S/C38H31BrN2O5/c1-18-4-6-22(7-5-18)35(42)20(3)46-38(45)30-17-31(40-34-19(2)14-23(39)15-29(30)34)21-8-10-24(11-9-21)41-36(43)32-25-12-13-26(28-16-27(25)28)33(32)37(41)44/h4-15,17,20,25-28,32-33H,16H2,1-3H3. The number of amides is 2. The number of allylic oxidation sites excluding steroid dienone is 2. The van der Waals surface area contributed by atoms with Crippen molar-refractivity contribution >= 4 is 56.1 Å². The van der Waals surface area contributed by atoms with Gasteiger partial charge in [0.25, 0.3) is 0 Å². The number of carbonyl (C=O) groups excluding carboxylic acids is 4. The van der Waals surface area contributed by atoms with E-state index >= 15 is 0 Å². The van der Waals surface area contributed by atoms with Crippen LogP contribution in [0.2, 0.25) is 0 Å². The van der Waals surface area contributed by atoms with Crippen molar-refractivity contribution in [3.8, 4) is 11.3 Å². The molecule has 5 aliphatic rings. The lowest BCUT2D eigenvalue weighted by Gasteiger charge is -2.37. The molecule has 2 amide bonds. The molecule has 4 aromatic rings. The van der Waals surface area contributed by atoms with Crippen molar-refractivity contribution < 1.29 is 23.9 Å². The van der Waals surface area contributed by atoms with Gasteiger partial charge in [-0.05, 0) is 86.8 Å². The first-order valence-corrected chi connectivity index (χ1v) is 16.5. The van der Waals surface area contributed by atoms with Crippen LogP contribution < -0.4 is 4.90 Å². The lowest BCUT2D eigenvalue weighted by atomic mass is 9.63. The molecule has 2 heterocycles. The van der Waals surface area contributed by atoms with Crippen LogP contribution in [0.4, 0.5) is 5.69 Å². The number of anilines is 1. The second-order valence-electron chi connectivity index (χ2n) is 13.2. The quantitative estimate of drug-likeness (QED) is 0.0925. The first kappa shape index (κ1) is 29.0. The highest BCUT2D eigenvalue weighted by Gasteiger charge is 2.67. The van der Waals surface area contributed by atoms with Gasteiger partial charge in [-0.3, -0.25) is 19.3 Å². The van der Waals surface area contributed by atoms with Crippen molar-refractivity contribution in [2.24, 2.45) is 35.5 Å². The number of ketones is 1. The number of aryl methyl sites for hydroxylation is 2. The number of ether oxygens (including phenoxy) is 1. The summed E-state index contributed by atoms with van der Waals surface area (Å²) in [5.74, 6) is -0.217. The van der Waals surface area contributed by atoms with Crippen molar-refractivity contribution in [2.75, 3.05) is 4.90 Å². The van der Waals surface area contributed by atoms with Crippen LogP contribution in [0.5, 0.6) is 0 Å². The molecule has 0 spiro atoms. The summed E-state index contributed by atoms with van der Waals surface area (Å²) in [6, 6.07) is 19.8. The molecular weight excluding hydrogens is 644 g/mol. The second-order valence-corrected chi connectivity index (χ2v) is 14.1. The third kappa shape index (κ3) is 4.48. The predicted molar refractivity (Wildman–Crippen MR) is 177 cm³/mol. The summed E-state index contributed by atoms with van der Waals surface area (Å²) in [4.78, 5) is 60.2. The molecule has 0 N–H and O–H groups in total. The third-order valence-electron chi connectivity index (χ3n) is 10.4. The largest absolute Gasteiger partial charge is 0.451 e. The molecule has 3 aromatic carbocycles. The number of aromatic nitrogens is 1. The van der Waals surface area contributed by atoms with Crippen LogP contribution in [-0.2, 0) is 14.3 Å². The first-order valence-electron chi connectivity index (χ1n) is 15.7. The number of fused-ring (bicyclic) bond motifs is 1. The van der Waals surface area contributed by atoms with E-state index in [9.17, 15) is 19.2 Å². The molecule has 2 saturated carbocycles. The highest BCUT2D eigenvalue weighted by molar-refractivity contribution is 9.10. The number of hydrogen-bond acceptors (Lipinski definition) is 6. The van der Waals surface area contributed by atoms with Crippen molar-refractivity contribution in [1.82, 2.24) is 4.98 Å². The van der Waals surface area contributed by atoms with Crippen molar-refractivity contribution in [3.63, 3.8) is 0 Å². The maximum atomic E-state index is 13.7. The molecule has 7 nitrogen and oxygen atoms in total. The van der Waals surface area contributed by atoms with Gasteiger partial charge < -0.3 is 4.74 Å².